The maximum atomic E-state index is 12.9. The first-order chi connectivity index (χ1) is 11.9. The Balaban J connectivity index is 2.01. The lowest BCUT2D eigenvalue weighted by molar-refractivity contribution is -0.132. The molecular formula is C18H19FN2O4. The lowest BCUT2D eigenvalue weighted by Gasteiger charge is -2.18. The molecule has 0 aromatic heterocycles. The van der Waals surface area contributed by atoms with Gasteiger partial charge in [-0.15, -0.1) is 0 Å². The van der Waals surface area contributed by atoms with Crippen LogP contribution in [-0.4, -0.2) is 37.5 Å². The van der Waals surface area contributed by atoms with Crippen LogP contribution in [0.5, 0.6) is 11.5 Å². The predicted molar refractivity (Wildman–Crippen MR) is 89.9 cm³/mol. The molecule has 0 bridgehead atoms. The SMILES string of the molecule is COc1ccc(C(N)=O)c(OCC(=O)N(C)Cc2ccc(F)cc2)c1. The first kappa shape index (κ1) is 18.3. The number of likely N-dealkylation sites (N-methyl/N-ethyl adjacent to an activating group) is 1. The van der Waals surface area contributed by atoms with Crippen LogP contribution in [0.3, 0.4) is 0 Å². The summed E-state index contributed by atoms with van der Waals surface area (Å²) in [5, 5.41) is 0. The van der Waals surface area contributed by atoms with Gasteiger partial charge in [0.25, 0.3) is 11.8 Å². The molecule has 2 amide bonds. The van der Waals surface area contributed by atoms with Crippen LogP contribution in [0.15, 0.2) is 42.5 Å². The third-order valence-corrected chi connectivity index (χ3v) is 3.56. The second-order valence-electron chi connectivity index (χ2n) is 5.39. The van der Waals surface area contributed by atoms with Gasteiger partial charge in [-0.25, -0.2) is 4.39 Å². The third-order valence-electron chi connectivity index (χ3n) is 3.56. The van der Waals surface area contributed by atoms with E-state index < -0.39 is 5.91 Å². The van der Waals surface area contributed by atoms with E-state index in [2.05, 4.69) is 0 Å². The van der Waals surface area contributed by atoms with Crippen LogP contribution in [0.2, 0.25) is 0 Å². The molecule has 0 heterocycles. The van der Waals surface area contributed by atoms with Crippen LogP contribution in [0, 0.1) is 5.82 Å². The van der Waals surface area contributed by atoms with E-state index in [9.17, 15) is 14.0 Å². The number of hydrogen-bond donors (Lipinski definition) is 1. The zero-order valence-corrected chi connectivity index (χ0v) is 14.0. The van der Waals surface area contributed by atoms with Crippen molar-refractivity contribution in [1.29, 1.82) is 0 Å². The minimum atomic E-state index is -0.662. The van der Waals surface area contributed by atoms with Crippen LogP contribution in [0.25, 0.3) is 0 Å². The summed E-state index contributed by atoms with van der Waals surface area (Å²) >= 11 is 0. The Labute approximate surface area is 144 Å². The fraction of sp³-hybridized carbons (Fsp3) is 0.222. The number of hydrogen-bond acceptors (Lipinski definition) is 4. The topological polar surface area (TPSA) is 81.9 Å². The molecule has 6 nitrogen and oxygen atoms in total. The molecule has 0 radical (unpaired) electrons. The summed E-state index contributed by atoms with van der Waals surface area (Å²) in [5.41, 5.74) is 6.25. The lowest BCUT2D eigenvalue weighted by atomic mass is 10.2. The maximum Gasteiger partial charge on any atom is 0.260 e. The van der Waals surface area contributed by atoms with E-state index in [1.165, 1.54) is 36.3 Å². The van der Waals surface area contributed by atoms with Crippen molar-refractivity contribution in [3.63, 3.8) is 0 Å². The summed E-state index contributed by atoms with van der Waals surface area (Å²) < 4.78 is 23.4. The highest BCUT2D eigenvalue weighted by molar-refractivity contribution is 5.96. The van der Waals surface area contributed by atoms with Crippen molar-refractivity contribution in [2.45, 2.75) is 6.54 Å². The highest BCUT2D eigenvalue weighted by Gasteiger charge is 2.15. The molecule has 0 aliphatic rings. The average molecular weight is 346 g/mol. The summed E-state index contributed by atoms with van der Waals surface area (Å²) in [7, 11) is 3.08. The summed E-state index contributed by atoms with van der Waals surface area (Å²) in [6.45, 7) is 0.0361. The molecule has 2 aromatic carbocycles. The van der Waals surface area contributed by atoms with Gasteiger partial charge in [-0.1, -0.05) is 12.1 Å². The molecule has 0 unspecified atom stereocenters. The van der Waals surface area contributed by atoms with Crippen molar-refractivity contribution in [3.8, 4) is 11.5 Å². The van der Waals surface area contributed by atoms with Crippen LogP contribution in [-0.2, 0) is 11.3 Å². The minimum Gasteiger partial charge on any atom is -0.497 e. The van der Waals surface area contributed by atoms with Gasteiger partial charge < -0.3 is 20.1 Å². The van der Waals surface area contributed by atoms with Gasteiger partial charge in [0.1, 0.15) is 17.3 Å². The number of rotatable bonds is 7. The molecule has 0 saturated carbocycles. The van der Waals surface area contributed by atoms with Crippen LogP contribution < -0.4 is 15.2 Å². The molecule has 2 aromatic rings. The van der Waals surface area contributed by atoms with Gasteiger partial charge in [-0.2, -0.15) is 0 Å². The van der Waals surface area contributed by atoms with Gasteiger partial charge in [0.05, 0.1) is 12.7 Å². The molecule has 132 valence electrons. The minimum absolute atomic E-state index is 0.162. The first-order valence-corrected chi connectivity index (χ1v) is 7.49. The number of nitrogens with two attached hydrogens (primary N) is 1. The number of primary amides is 1. The number of halogens is 1. The fourth-order valence-electron chi connectivity index (χ4n) is 2.15. The van der Waals surface area contributed by atoms with Crippen molar-refractivity contribution in [1.82, 2.24) is 4.90 Å². The summed E-state index contributed by atoms with van der Waals surface area (Å²) in [6, 6.07) is 10.4. The number of carbonyl (C=O) groups is 2. The molecular weight excluding hydrogens is 327 g/mol. The Kier molecular flexibility index (Phi) is 5.94. The highest BCUT2D eigenvalue weighted by Crippen LogP contribution is 2.24. The Morgan fingerprint density at radius 3 is 2.44 bits per heavy atom. The summed E-state index contributed by atoms with van der Waals surface area (Å²) in [5.74, 6) is -0.645. The number of nitrogens with zero attached hydrogens (tertiary/aromatic N) is 1. The van der Waals surface area contributed by atoms with Crippen LogP contribution in [0.1, 0.15) is 15.9 Å². The first-order valence-electron chi connectivity index (χ1n) is 7.49. The Hall–Kier alpha value is -3.09. The average Bonchev–Trinajstić information content (AvgIpc) is 2.61. The highest BCUT2D eigenvalue weighted by atomic mass is 19.1. The van der Waals surface area contributed by atoms with E-state index >= 15 is 0 Å². The van der Waals surface area contributed by atoms with Gasteiger partial charge in [-0.05, 0) is 29.8 Å². The van der Waals surface area contributed by atoms with Crippen molar-refractivity contribution in [2.75, 3.05) is 20.8 Å². The molecule has 0 spiro atoms. The lowest BCUT2D eigenvalue weighted by Crippen LogP contribution is -2.31. The Morgan fingerprint density at radius 1 is 1.16 bits per heavy atom. The van der Waals surface area contributed by atoms with Crippen molar-refractivity contribution in [2.24, 2.45) is 5.73 Å². The molecule has 25 heavy (non-hydrogen) atoms. The van der Waals surface area contributed by atoms with Gasteiger partial charge in [-0.3, -0.25) is 9.59 Å². The number of amides is 2. The molecule has 7 heteroatoms. The zero-order valence-electron chi connectivity index (χ0n) is 14.0. The van der Waals surface area contributed by atoms with Gasteiger partial charge >= 0.3 is 0 Å². The standard InChI is InChI=1S/C18H19FN2O4/c1-21(10-12-3-5-13(19)6-4-12)17(22)11-25-16-9-14(24-2)7-8-15(16)18(20)23/h3-9H,10-11H2,1-2H3,(H2,20,23). The second-order valence-corrected chi connectivity index (χ2v) is 5.39. The van der Waals surface area contributed by atoms with E-state index in [0.717, 1.165) is 5.56 Å². The smallest absolute Gasteiger partial charge is 0.260 e. The number of carbonyl (C=O) groups excluding carboxylic acids is 2. The number of benzene rings is 2. The normalized spacial score (nSPS) is 10.2. The van der Waals surface area contributed by atoms with Gasteiger partial charge in [0, 0.05) is 19.7 Å². The molecule has 0 fully saturated rings. The number of methoxy groups -OCH3 is 1. The van der Waals surface area contributed by atoms with E-state index in [-0.39, 0.29) is 29.6 Å². The molecule has 2 N–H and O–H groups in total. The second kappa shape index (κ2) is 8.14. The summed E-state index contributed by atoms with van der Waals surface area (Å²) in [6.07, 6.45) is 0. The van der Waals surface area contributed by atoms with E-state index in [1.807, 2.05) is 0 Å². The van der Waals surface area contributed by atoms with E-state index in [4.69, 9.17) is 15.2 Å². The predicted octanol–water partition coefficient (Wildman–Crippen LogP) is 1.97. The maximum absolute atomic E-state index is 12.9. The van der Waals surface area contributed by atoms with Crippen molar-refractivity contribution < 1.29 is 23.5 Å². The fourth-order valence-corrected chi connectivity index (χ4v) is 2.15. The molecule has 0 aliphatic heterocycles. The monoisotopic (exact) mass is 346 g/mol. The van der Waals surface area contributed by atoms with Crippen LogP contribution >= 0.6 is 0 Å². The quantitative estimate of drug-likeness (QED) is 0.831. The molecule has 0 atom stereocenters. The third kappa shape index (κ3) is 4.94. The molecule has 0 aliphatic carbocycles. The zero-order chi connectivity index (χ0) is 18.4. The van der Waals surface area contributed by atoms with E-state index in [0.29, 0.717) is 12.3 Å². The van der Waals surface area contributed by atoms with Crippen LogP contribution in [0.4, 0.5) is 4.39 Å². The van der Waals surface area contributed by atoms with Gasteiger partial charge in [0.2, 0.25) is 0 Å². The van der Waals surface area contributed by atoms with E-state index in [1.54, 1.807) is 25.2 Å². The molecule has 0 saturated heterocycles. The number of ether oxygens (including phenoxy) is 2. The van der Waals surface area contributed by atoms with Crippen molar-refractivity contribution in [3.05, 3.63) is 59.4 Å². The Morgan fingerprint density at radius 2 is 1.84 bits per heavy atom. The largest absolute Gasteiger partial charge is 0.497 e. The summed E-state index contributed by atoms with van der Waals surface area (Å²) in [4.78, 5) is 25.1. The van der Waals surface area contributed by atoms with Gasteiger partial charge in [0.15, 0.2) is 6.61 Å². The van der Waals surface area contributed by atoms with Crippen molar-refractivity contribution >= 4 is 11.8 Å². The Bertz CT molecular complexity index is 762. The molecule has 2 rings (SSSR count).